The molecule has 110 valence electrons. The Hall–Kier alpha value is -2.37. The number of benzene rings is 1. The molecule has 1 aliphatic heterocycles. The maximum atomic E-state index is 12.2. The number of ether oxygens (including phenoxy) is 1. The zero-order valence-electron chi connectivity index (χ0n) is 12.4. The fraction of sp³-hybridized carbons (Fsp3) is 0.400. The third-order valence-corrected chi connectivity index (χ3v) is 3.73. The van der Waals surface area contributed by atoms with Crippen molar-refractivity contribution in [2.24, 2.45) is 7.05 Å². The first-order valence-electron chi connectivity index (χ1n) is 6.92. The Balaban J connectivity index is 1.62. The van der Waals surface area contributed by atoms with E-state index < -0.39 is 6.10 Å². The number of aryl methyl sites for hydroxylation is 3. The van der Waals surface area contributed by atoms with E-state index in [0.29, 0.717) is 13.0 Å². The molecule has 1 aromatic carbocycles. The second-order valence-electron chi connectivity index (χ2n) is 5.40. The zero-order chi connectivity index (χ0) is 15.0. The molecule has 0 saturated heterocycles. The molecule has 3 rings (SSSR count). The van der Waals surface area contributed by atoms with E-state index in [1.807, 2.05) is 13.0 Å². The van der Waals surface area contributed by atoms with Gasteiger partial charge in [0.25, 0.3) is 5.91 Å². The van der Waals surface area contributed by atoms with Gasteiger partial charge in [-0.2, -0.15) is 15.0 Å². The largest absolute Gasteiger partial charge is 0.480 e. The van der Waals surface area contributed by atoms with Gasteiger partial charge >= 0.3 is 0 Å². The van der Waals surface area contributed by atoms with Gasteiger partial charge in [0.2, 0.25) is 0 Å². The number of nitrogens with one attached hydrogen (secondary N) is 1. The van der Waals surface area contributed by atoms with Crippen LogP contribution in [0.4, 0.5) is 0 Å². The third kappa shape index (κ3) is 2.74. The first-order chi connectivity index (χ1) is 10.0. The van der Waals surface area contributed by atoms with Crippen LogP contribution in [0.1, 0.15) is 22.4 Å². The number of nitrogens with zero attached hydrogens (tertiary/aromatic N) is 3. The van der Waals surface area contributed by atoms with Gasteiger partial charge in [-0.1, -0.05) is 6.07 Å². The number of hydrogen-bond donors (Lipinski definition) is 1. The predicted octanol–water partition coefficient (Wildman–Crippen LogP) is 1.05. The minimum atomic E-state index is -0.460. The number of amides is 1. The highest BCUT2D eigenvalue weighted by molar-refractivity contribution is 5.82. The van der Waals surface area contributed by atoms with E-state index >= 15 is 0 Å². The van der Waals surface area contributed by atoms with Crippen LogP contribution in [0.5, 0.6) is 5.75 Å². The van der Waals surface area contributed by atoms with Crippen LogP contribution in [-0.2, 0) is 24.8 Å². The van der Waals surface area contributed by atoms with Crippen molar-refractivity contribution in [2.45, 2.75) is 32.9 Å². The average Bonchev–Trinajstić information content (AvgIpc) is 3.03. The van der Waals surface area contributed by atoms with Gasteiger partial charge in [0, 0.05) is 13.5 Å². The molecule has 0 bridgehead atoms. The molecule has 1 amide bonds. The molecular weight excluding hydrogens is 268 g/mol. The lowest BCUT2D eigenvalue weighted by Crippen LogP contribution is -2.37. The summed E-state index contributed by atoms with van der Waals surface area (Å²) >= 11 is 0. The van der Waals surface area contributed by atoms with Crippen LogP contribution in [0, 0.1) is 13.8 Å². The maximum absolute atomic E-state index is 12.2. The summed E-state index contributed by atoms with van der Waals surface area (Å²) in [4.78, 5) is 13.6. The predicted molar refractivity (Wildman–Crippen MR) is 76.9 cm³/mol. The van der Waals surface area contributed by atoms with Gasteiger partial charge in [0.05, 0.1) is 12.7 Å². The summed E-state index contributed by atoms with van der Waals surface area (Å²) < 4.78 is 5.74. The Kier molecular flexibility index (Phi) is 3.37. The van der Waals surface area contributed by atoms with Gasteiger partial charge in [-0.3, -0.25) is 4.79 Å². The molecule has 1 aliphatic rings. The number of fused-ring (bicyclic) bond motifs is 1. The minimum absolute atomic E-state index is 0.118. The quantitative estimate of drug-likeness (QED) is 0.915. The van der Waals surface area contributed by atoms with Crippen molar-refractivity contribution in [3.8, 4) is 5.75 Å². The molecule has 0 fully saturated rings. The summed E-state index contributed by atoms with van der Waals surface area (Å²) in [6.07, 6.45) is 1.79. The van der Waals surface area contributed by atoms with Gasteiger partial charge in [-0.25, -0.2) is 0 Å². The van der Waals surface area contributed by atoms with Crippen LogP contribution in [-0.4, -0.2) is 27.0 Å². The molecule has 0 radical (unpaired) electrons. The van der Waals surface area contributed by atoms with Crippen LogP contribution >= 0.6 is 0 Å². The standard InChI is InChI=1S/C15H18N4O2/c1-9-4-11-6-14(21-13(11)5-10(9)2)15(20)16-7-12-8-17-19(3)18-12/h4-5,8,14H,6-7H2,1-3H3,(H,16,20). The molecule has 1 unspecified atom stereocenters. The molecule has 1 N–H and O–H groups in total. The normalized spacial score (nSPS) is 16.4. The summed E-state index contributed by atoms with van der Waals surface area (Å²) in [7, 11) is 1.74. The maximum Gasteiger partial charge on any atom is 0.261 e. The first kappa shape index (κ1) is 13.6. The Morgan fingerprint density at radius 1 is 1.43 bits per heavy atom. The number of rotatable bonds is 3. The molecule has 0 aliphatic carbocycles. The van der Waals surface area contributed by atoms with E-state index in [1.54, 1.807) is 13.2 Å². The van der Waals surface area contributed by atoms with Gasteiger partial charge in [0.15, 0.2) is 6.10 Å². The summed E-state index contributed by atoms with van der Waals surface area (Å²) in [6.45, 7) is 4.47. The molecule has 0 saturated carbocycles. The Morgan fingerprint density at radius 2 is 2.19 bits per heavy atom. The number of carbonyl (C=O) groups excluding carboxylic acids is 1. The van der Waals surface area contributed by atoms with Crippen molar-refractivity contribution in [3.05, 3.63) is 40.7 Å². The van der Waals surface area contributed by atoms with E-state index in [-0.39, 0.29) is 5.91 Å². The molecular formula is C15H18N4O2. The summed E-state index contributed by atoms with van der Waals surface area (Å²) in [5.41, 5.74) is 4.22. The lowest BCUT2D eigenvalue weighted by atomic mass is 10.0. The fourth-order valence-corrected chi connectivity index (χ4v) is 2.42. The molecule has 6 nitrogen and oxygen atoms in total. The summed E-state index contributed by atoms with van der Waals surface area (Å²) in [6, 6.07) is 4.10. The van der Waals surface area contributed by atoms with Gasteiger partial charge in [-0.05, 0) is 36.6 Å². The molecule has 2 heterocycles. The van der Waals surface area contributed by atoms with Gasteiger partial charge < -0.3 is 10.1 Å². The van der Waals surface area contributed by atoms with Crippen LogP contribution in [0.15, 0.2) is 18.3 Å². The highest BCUT2D eigenvalue weighted by atomic mass is 16.5. The van der Waals surface area contributed by atoms with E-state index in [4.69, 9.17) is 4.74 Å². The molecule has 2 aromatic rings. The van der Waals surface area contributed by atoms with E-state index in [1.165, 1.54) is 15.9 Å². The van der Waals surface area contributed by atoms with Crippen molar-refractivity contribution < 1.29 is 9.53 Å². The first-order valence-corrected chi connectivity index (χ1v) is 6.92. The summed E-state index contributed by atoms with van der Waals surface area (Å²) in [5, 5.41) is 10.9. The molecule has 1 aromatic heterocycles. The van der Waals surface area contributed by atoms with Gasteiger partial charge in [-0.15, -0.1) is 0 Å². The van der Waals surface area contributed by atoms with Crippen molar-refractivity contribution in [2.75, 3.05) is 0 Å². The van der Waals surface area contributed by atoms with Crippen LogP contribution < -0.4 is 10.1 Å². The smallest absolute Gasteiger partial charge is 0.261 e. The van der Waals surface area contributed by atoms with E-state index in [0.717, 1.165) is 17.0 Å². The average molecular weight is 286 g/mol. The third-order valence-electron chi connectivity index (χ3n) is 3.73. The Labute approximate surface area is 123 Å². The summed E-state index contributed by atoms with van der Waals surface area (Å²) in [5.74, 6) is 0.699. The van der Waals surface area contributed by atoms with E-state index in [2.05, 4.69) is 28.5 Å². The molecule has 6 heteroatoms. The molecule has 21 heavy (non-hydrogen) atoms. The van der Waals surface area contributed by atoms with Gasteiger partial charge in [0.1, 0.15) is 11.4 Å². The highest BCUT2D eigenvalue weighted by Crippen LogP contribution is 2.31. The van der Waals surface area contributed by atoms with Crippen molar-refractivity contribution in [1.82, 2.24) is 20.3 Å². The molecule has 1 atom stereocenters. The van der Waals surface area contributed by atoms with Crippen molar-refractivity contribution >= 4 is 5.91 Å². The number of carbonyl (C=O) groups is 1. The van der Waals surface area contributed by atoms with Crippen molar-refractivity contribution in [1.29, 1.82) is 0 Å². The topological polar surface area (TPSA) is 69.0 Å². The lowest BCUT2D eigenvalue weighted by molar-refractivity contribution is -0.127. The van der Waals surface area contributed by atoms with Crippen molar-refractivity contribution in [3.63, 3.8) is 0 Å². The van der Waals surface area contributed by atoms with Crippen LogP contribution in [0.3, 0.4) is 0 Å². The molecule has 0 spiro atoms. The SMILES string of the molecule is Cc1cc2c(cc1C)OC(C(=O)NCc1cnn(C)n1)C2. The number of hydrogen-bond acceptors (Lipinski definition) is 4. The van der Waals surface area contributed by atoms with Crippen LogP contribution in [0.2, 0.25) is 0 Å². The monoisotopic (exact) mass is 286 g/mol. The van der Waals surface area contributed by atoms with E-state index in [9.17, 15) is 4.79 Å². The highest BCUT2D eigenvalue weighted by Gasteiger charge is 2.29. The fourth-order valence-electron chi connectivity index (χ4n) is 2.42. The lowest BCUT2D eigenvalue weighted by Gasteiger charge is -2.10. The Bertz CT molecular complexity index is 662. The second-order valence-corrected chi connectivity index (χ2v) is 5.40. The Morgan fingerprint density at radius 3 is 2.90 bits per heavy atom. The second kappa shape index (κ2) is 5.20. The zero-order valence-corrected chi connectivity index (χ0v) is 12.4. The minimum Gasteiger partial charge on any atom is -0.480 e. The van der Waals surface area contributed by atoms with Crippen LogP contribution in [0.25, 0.3) is 0 Å². The number of aromatic nitrogens is 3.